The maximum atomic E-state index is 11.6. The zero-order valence-electron chi connectivity index (χ0n) is 11.3. The number of rotatable bonds is 6. The molecule has 21 heavy (non-hydrogen) atoms. The lowest BCUT2D eigenvalue weighted by Gasteiger charge is -2.01. The van der Waals surface area contributed by atoms with Crippen molar-refractivity contribution in [3.63, 3.8) is 0 Å². The Morgan fingerprint density at radius 3 is 2.76 bits per heavy atom. The van der Waals surface area contributed by atoms with Crippen LogP contribution in [-0.2, 0) is 10.5 Å². The molecule has 2 aromatic rings. The van der Waals surface area contributed by atoms with Crippen molar-refractivity contribution in [1.82, 2.24) is 5.43 Å². The summed E-state index contributed by atoms with van der Waals surface area (Å²) in [6.45, 7) is 0. The van der Waals surface area contributed by atoms with Gasteiger partial charge >= 0.3 is 0 Å². The Hall–Kier alpha value is -1.78. The Balaban J connectivity index is 1.70. The highest BCUT2D eigenvalue weighted by Gasteiger charge is 2.00. The van der Waals surface area contributed by atoms with Gasteiger partial charge in [0, 0.05) is 10.8 Å². The molecule has 0 atom stereocenters. The number of halogens is 1. The molecule has 2 aromatic carbocycles. The number of thioether (sulfide) groups is 1. The largest absolute Gasteiger partial charge is 0.272 e. The van der Waals surface area contributed by atoms with E-state index in [1.807, 2.05) is 42.5 Å². The molecule has 0 radical (unpaired) electrons. The van der Waals surface area contributed by atoms with Crippen LogP contribution in [-0.4, -0.2) is 17.9 Å². The molecular weight excluding hydrogens is 304 g/mol. The van der Waals surface area contributed by atoms with Crippen LogP contribution in [0.4, 0.5) is 0 Å². The highest BCUT2D eigenvalue weighted by atomic mass is 35.5. The molecule has 0 aliphatic carbocycles. The zero-order chi connectivity index (χ0) is 14.9. The number of nitrogens with zero attached hydrogens (tertiary/aromatic N) is 1. The molecule has 0 aliphatic heterocycles. The van der Waals surface area contributed by atoms with Gasteiger partial charge in [-0.2, -0.15) is 5.10 Å². The first-order chi connectivity index (χ1) is 10.2. The van der Waals surface area contributed by atoms with Gasteiger partial charge in [0.1, 0.15) is 0 Å². The molecule has 1 amide bonds. The number of amides is 1. The summed E-state index contributed by atoms with van der Waals surface area (Å²) in [5.74, 6) is 1.07. The number of carbonyl (C=O) groups excluding carboxylic acids is 1. The van der Waals surface area contributed by atoms with E-state index in [0.717, 1.165) is 11.3 Å². The maximum Gasteiger partial charge on any atom is 0.250 e. The molecular formula is C16H15ClN2OS. The first-order valence-electron chi connectivity index (χ1n) is 6.43. The Morgan fingerprint density at radius 2 is 2.00 bits per heavy atom. The van der Waals surface area contributed by atoms with Gasteiger partial charge in [-0.15, -0.1) is 11.8 Å². The average Bonchev–Trinajstić information content (AvgIpc) is 2.48. The molecule has 108 valence electrons. The van der Waals surface area contributed by atoms with Crippen molar-refractivity contribution in [3.05, 3.63) is 70.7 Å². The second-order valence-electron chi connectivity index (χ2n) is 4.33. The lowest BCUT2D eigenvalue weighted by Crippen LogP contribution is -2.19. The number of nitrogens with one attached hydrogen (secondary N) is 1. The Morgan fingerprint density at radius 1 is 1.19 bits per heavy atom. The second kappa shape index (κ2) is 8.49. The number of hydrogen-bond donors (Lipinski definition) is 1. The fraction of sp³-hybridized carbons (Fsp3) is 0.125. The standard InChI is InChI=1S/C16H15ClN2OS/c17-15-8-4-7-14(9-15)10-18-19-16(20)12-21-11-13-5-2-1-3-6-13/h1-10H,11-12H2,(H,19,20)/b18-10-. The first kappa shape index (κ1) is 15.6. The van der Waals surface area contributed by atoms with Crippen LogP contribution in [0.25, 0.3) is 0 Å². The van der Waals surface area contributed by atoms with Crippen molar-refractivity contribution in [2.24, 2.45) is 5.10 Å². The van der Waals surface area contributed by atoms with Crippen molar-refractivity contribution in [2.45, 2.75) is 5.75 Å². The molecule has 5 heteroatoms. The van der Waals surface area contributed by atoms with E-state index in [9.17, 15) is 4.79 Å². The van der Waals surface area contributed by atoms with E-state index in [0.29, 0.717) is 10.8 Å². The average molecular weight is 319 g/mol. The Labute approximate surface area is 133 Å². The van der Waals surface area contributed by atoms with E-state index in [1.165, 1.54) is 5.56 Å². The summed E-state index contributed by atoms with van der Waals surface area (Å²) in [5, 5.41) is 4.55. The van der Waals surface area contributed by atoms with Gasteiger partial charge in [0.25, 0.3) is 0 Å². The van der Waals surface area contributed by atoms with Gasteiger partial charge in [-0.05, 0) is 23.3 Å². The van der Waals surface area contributed by atoms with Gasteiger partial charge in [0.2, 0.25) is 5.91 Å². The van der Waals surface area contributed by atoms with E-state index in [1.54, 1.807) is 30.1 Å². The molecule has 2 rings (SSSR count). The minimum Gasteiger partial charge on any atom is -0.272 e. The lowest BCUT2D eigenvalue weighted by molar-refractivity contribution is -0.118. The maximum absolute atomic E-state index is 11.6. The van der Waals surface area contributed by atoms with Crippen LogP contribution in [0.3, 0.4) is 0 Å². The molecule has 0 aliphatic rings. The highest BCUT2D eigenvalue weighted by molar-refractivity contribution is 7.99. The highest BCUT2D eigenvalue weighted by Crippen LogP contribution is 2.11. The molecule has 0 saturated carbocycles. The van der Waals surface area contributed by atoms with Gasteiger partial charge < -0.3 is 0 Å². The van der Waals surface area contributed by atoms with E-state index in [4.69, 9.17) is 11.6 Å². The van der Waals surface area contributed by atoms with Gasteiger partial charge in [0.05, 0.1) is 12.0 Å². The van der Waals surface area contributed by atoms with Crippen molar-refractivity contribution in [1.29, 1.82) is 0 Å². The summed E-state index contributed by atoms with van der Waals surface area (Å²) < 4.78 is 0. The third-order valence-electron chi connectivity index (χ3n) is 2.60. The molecule has 0 spiro atoms. The van der Waals surface area contributed by atoms with Crippen LogP contribution in [0, 0.1) is 0 Å². The summed E-state index contributed by atoms with van der Waals surface area (Å²) in [6.07, 6.45) is 1.58. The molecule has 0 saturated heterocycles. The zero-order valence-corrected chi connectivity index (χ0v) is 12.9. The van der Waals surface area contributed by atoms with Gasteiger partial charge in [-0.25, -0.2) is 5.43 Å². The normalized spacial score (nSPS) is 10.7. The summed E-state index contributed by atoms with van der Waals surface area (Å²) in [7, 11) is 0. The van der Waals surface area contributed by atoms with Crippen LogP contribution in [0.15, 0.2) is 59.7 Å². The number of benzene rings is 2. The van der Waals surface area contributed by atoms with Crippen LogP contribution < -0.4 is 5.43 Å². The van der Waals surface area contributed by atoms with Crippen molar-refractivity contribution in [3.8, 4) is 0 Å². The fourth-order valence-electron chi connectivity index (χ4n) is 1.63. The topological polar surface area (TPSA) is 41.5 Å². The van der Waals surface area contributed by atoms with Crippen molar-refractivity contribution >= 4 is 35.5 Å². The predicted octanol–water partition coefficient (Wildman–Crippen LogP) is 3.72. The summed E-state index contributed by atoms with van der Waals surface area (Å²) in [4.78, 5) is 11.6. The molecule has 0 bridgehead atoms. The second-order valence-corrected chi connectivity index (χ2v) is 5.75. The van der Waals surface area contributed by atoms with Crippen molar-refractivity contribution in [2.75, 3.05) is 5.75 Å². The Bertz CT molecular complexity index is 617. The monoisotopic (exact) mass is 318 g/mol. The SMILES string of the molecule is O=C(CSCc1ccccc1)N/N=C\c1cccc(Cl)c1. The quantitative estimate of drug-likeness (QED) is 0.651. The molecule has 0 aromatic heterocycles. The Kier molecular flexibility index (Phi) is 6.31. The number of hydrogen-bond acceptors (Lipinski definition) is 3. The minimum absolute atomic E-state index is 0.116. The van der Waals surface area contributed by atoms with Gasteiger partial charge in [0.15, 0.2) is 0 Å². The lowest BCUT2D eigenvalue weighted by atomic mass is 10.2. The number of carbonyl (C=O) groups is 1. The van der Waals surface area contributed by atoms with E-state index in [2.05, 4.69) is 10.5 Å². The number of hydrazone groups is 1. The molecule has 1 N–H and O–H groups in total. The van der Waals surface area contributed by atoms with Crippen LogP contribution in [0.5, 0.6) is 0 Å². The van der Waals surface area contributed by atoms with E-state index < -0.39 is 0 Å². The summed E-state index contributed by atoms with van der Waals surface area (Å²) >= 11 is 7.42. The molecule has 0 unspecified atom stereocenters. The van der Waals surface area contributed by atoms with Crippen LogP contribution in [0.2, 0.25) is 5.02 Å². The third kappa shape index (κ3) is 6.02. The first-order valence-corrected chi connectivity index (χ1v) is 7.96. The predicted molar refractivity (Wildman–Crippen MR) is 89.8 cm³/mol. The molecule has 0 heterocycles. The smallest absolute Gasteiger partial charge is 0.250 e. The van der Waals surface area contributed by atoms with Crippen LogP contribution >= 0.6 is 23.4 Å². The summed E-state index contributed by atoms with van der Waals surface area (Å²) in [5.41, 5.74) is 4.56. The van der Waals surface area contributed by atoms with Crippen molar-refractivity contribution < 1.29 is 4.79 Å². The van der Waals surface area contributed by atoms with Gasteiger partial charge in [-0.3, -0.25) is 4.79 Å². The van der Waals surface area contributed by atoms with E-state index >= 15 is 0 Å². The minimum atomic E-state index is -0.116. The molecule has 0 fully saturated rings. The summed E-state index contributed by atoms with van der Waals surface area (Å²) in [6, 6.07) is 17.3. The van der Waals surface area contributed by atoms with Crippen LogP contribution in [0.1, 0.15) is 11.1 Å². The third-order valence-corrected chi connectivity index (χ3v) is 3.84. The van der Waals surface area contributed by atoms with E-state index in [-0.39, 0.29) is 5.91 Å². The van der Waals surface area contributed by atoms with Gasteiger partial charge in [-0.1, -0.05) is 54.1 Å². The molecule has 3 nitrogen and oxygen atoms in total. The fourth-order valence-corrected chi connectivity index (χ4v) is 2.61.